The van der Waals surface area contributed by atoms with Crippen molar-refractivity contribution in [3.63, 3.8) is 0 Å². The molecule has 4 nitrogen and oxygen atoms in total. The van der Waals surface area contributed by atoms with Crippen LogP contribution in [0.5, 0.6) is 5.75 Å². The van der Waals surface area contributed by atoms with Gasteiger partial charge in [-0.05, 0) is 42.2 Å². The van der Waals surface area contributed by atoms with Crippen molar-refractivity contribution in [1.82, 2.24) is 4.98 Å². The van der Waals surface area contributed by atoms with Gasteiger partial charge < -0.3 is 10.5 Å². The molecule has 130 valence electrons. The Morgan fingerprint density at radius 2 is 1.58 bits per heavy atom. The highest BCUT2D eigenvalue weighted by Crippen LogP contribution is 2.39. The van der Waals surface area contributed by atoms with Gasteiger partial charge in [-0.2, -0.15) is 5.26 Å². The quantitative estimate of drug-likeness (QED) is 0.742. The van der Waals surface area contributed by atoms with E-state index in [0.29, 0.717) is 5.56 Å². The predicted octanol–water partition coefficient (Wildman–Crippen LogP) is 4.75. The minimum atomic E-state index is 0.261. The van der Waals surface area contributed by atoms with Gasteiger partial charge >= 0.3 is 0 Å². The average Bonchev–Trinajstić information content (AvgIpc) is 2.68. The molecule has 1 heterocycles. The number of aromatic nitrogens is 1. The van der Waals surface area contributed by atoms with Crippen LogP contribution in [0.3, 0.4) is 0 Å². The normalized spacial score (nSPS) is 10.4. The molecular formula is C22H21N3O. The molecule has 0 spiro atoms. The van der Waals surface area contributed by atoms with Gasteiger partial charge in [0.05, 0.1) is 7.11 Å². The number of aryl methyl sites for hydroxylation is 2. The van der Waals surface area contributed by atoms with E-state index in [2.05, 4.69) is 30.1 Å². The van der Waals surface area contributed by atoms with E-state index in [1.807, 2.05) is 43.3 Å². The Balaban J connectivity index is 2.30. The minimum absolute atomic E-state index is 0.261. The van der Waals surface area contributed by atoms with E-state index in [1.165, 1.54) is 5.56 Å². The van der Waals surface area contributed by atoms with Crippen LogP contribution in [0.25, 0.3) is 22.3 Å². The molecule has 1 aromatic heterocycles. The summed E-state index contributed by atoms with van der Waals surface area (Å²) >= 11 is 0. The molecule has 2 aromatic carbocycles. The molecule has 4 heteroatoms. The standard InChI is InChI=1S/C22H21N3O/c1-4-15-5-7-17(8-6-15)21-19(13-23)22(24)25-14(2)20(21)16-9-11-18(26-3)12-10-16/h5-12H,4H2,1-3H3,(H2,24,25). The number of anilines is 1. The van der Waals surface area contributed by atoms with Gasteiger partial charge in [0, 0.05) is 16.8 Å². The maximum absolute atomic E-state index is 9.72. The smallest absolute Gasteiger partial charge is 0.142 e. The van der Waals surface area contributed by atoms with Crippen LogP contribution >= 0.6 is 0 Å². The summed E-state index contributed by atoms with van der Waals surface area (Å²) in [6.45, 7) is 4.04. The number of nitriles is 1. The van der Waals surface area contributed by atoms with Crippen molar-refractivity contribution in [3.8, 4) is 34.1 Å². The van der Waals surface area contributed by atoms with Crippen LogP contribution in [-0.2, 0) is 6.42 Å². The molecule has 0 saturated carbocycles. The van der Waals surface area contributed by atoms with Crippen LogP contribution in [0, 0.1) is 18.3 Å². The Hall–Kier alpha value is -3.32. The highest BCUT2D eigenvalue weighted by atomic mass is 16.5. The van der Waals surface area contributed by atoms with Crippen molar-refractivity contribution in [1.29, 1.82) is 5.26 Å². The third-order valence-electron chi connectivity index (χ3n) is 4.55. The molecule has 0 unspecified atom stereocenters. The predicted molar refractivity (Wildman–Crippen MR) is 105 cm³/mol. The molecule has 2 N–H and O–H groups in total. The molecule has 0 aliphatic heterocycles. The number of hydrogen-bond acceptors (Lipinski definition) is 4. The lowest BCUT2D eigenvalue weighted by Gasteiger charge is -2.17. The Morgan fingerprint density at radius 3 is 2.12 bits per heavy atom. The van der Waals surface area contributed by atoms with Gasteiger partial charge in [-0.3, -0.25) is 0 Å². The van der Waals surface area contributed by atoms with E-state index >= 15 is 0 Å². The lowest BCUT2D eigenvalue weighted by molar-refractivity contribution is 0.415. The Kier molecular flexibility index (Phi) is 4.90. The lowest BCUT2D eigenvalue weighted by Crippen LogP contribution is -2.03. The monoisotopic (exact) mass is 343 g/mol. The Bertz CT molecular complexity index is 968. The summed E-state index contributed by atoms with van der Waals surface area (Å²) in [5.74, 6) is 1.04. The van der Waals surface area contributed by atoms with E-state index in [0.717, 1.165) is 40.1 Å². The molecule has 0 fully saturated rings. The maximum Gasteiger partial charge on any atom is 0.142 e. The Labute approximate surface area is 153 Å². The summed E-state index contributed by atoms with van der Waals surface area (Å²) in [5, 5.41) is 9.72. The van der Waals surface area contributed by atoms with E-state index in [-0.39, 0.29) is 5.82 Å². The van der Waals surface area contributed by atoms with Gasteiger partial charge in [0.2, 0.25) is 0 Å². The van der Waals surface area contributed by atoms with E-state index in [4.69, 9.17) is 10.5 Å². The first-order valence-electron chi connectivity index (χ1n) is 8.53. The average molecular weight is 343 g/mol. The van der Waals surface area contributed by atoms with Crippen LogP contribution < -0.4 is 10.5 Å². The number of methoxy groups -OCH3 is 1. The molecule has 0 atom stereocenters. The number of nitrogens with zero attached hydrogens (tertiary/aromatic N) is 2. The number of rotatable bonds is 4. The summed E-state index contributed by atoms with van der Waals surface area (Å²) in [7, 11) is 1.64. The first kappa shape index (κ1) is 17.5. The number of benzene rings is 2. The molecule has 26 heavy (non-hydrogen) atoms. The largest absolute Gasteiger partial charge is 0.497 e. The van der Waals surface area contributed by atoms with Crippen molar-refractivity contribution in [2.45, 2.75) is 20.3 Å². The topological polar surface area (TPSA) is 71.9 Å². The van der Waals surface area contributed by atoms with Crippen LogP contribution in [0.2, 0.25) is 0 Å². The fraction of sp³-hybridized carbons (Fsp3) is 0.182. The van der Waals surface area contributed by atoms with E-state index in [9.17, 15) is 5.26 Å². The number of nitrogen functional groups attached to an aromatic ring is 1. The first-order valence-corrected chi connectivity index (χ1v) is 8.53. The van der Waals surface area contributed by atoms with Crippen LogP contribution in [0.1, 0.15) is 23.7 Å². The molecular weight excluding hydrogens is 322 g/mol. The van der Waals surface area contributed by atoms with Crippen molar-refractivity contribution in [3.05, 3.63) is 65.4 Å². The van der Waals surface area contributed by atoms with Crippen LogP contribution in [0.15, 0.2) is 48.5 Å². The van der Waals surface area contributed by atoms with Crippen molar-refractivity contribution >= 4 is 5.82 Å². The molecule has 0 radical (unpaired) electrons. The third-order valence-corrected chi connectivity index (χ3v) is 4.55. The van der Waals surface area contributed by atoms with Gasteiger partial charge in [-0.1, -0.05) is 43.3 Å². The van der Waals surface area contributed by atoms with Crippen LogP contribution in [-0.4, -0.2) is 12.1 Å². The van der Waals surface area contributed by atoms with E-state index in [1.54, 1.807) is 7.11 Å². The summed E-state index contributed by atoms with van der Waals surface area (Å²) in [6, 6.07) is 18.3. The molecule has 0 aliphatic rings. The van der Waals surface area contributed by atoms with Gasteiger partial charge in [-0.25, -0.2) is 4.98 Å². The lowest BCUT2D eigenvalue weighted by atomic mass is 9.89. The minimum Gasteiger partial charge on any atom is -0.497 e. The van der Waals surface area contributed by atoms with Gasteiger partial charge in [0.1, 0.15) is 23.2 Å². The second-order valence-corrected chi connectivity index (χ2v) is 6.10. The Morgan fingerprint density at radius 1 is 1.00 bits per heavy atom. The summed E-state index contributed by atoms with van der Waals surface area (Å²) in [6.07, 6.45) is 0.967. The van der Waals surface area contributed by atoms with Crippen LogP contribution in [0.4, 0.5) is 5.82 Å². The summed E-state index contributed by atoms with van der Waals surface area (Å²) in [5.41, 5.74) is 12.2. The van der Waals surface area contributed by atoms with Crippen molar-refractivity contribution < 1.29 is 4.74 Å². The SMILES string of the molecule is CCc1ccc(-c2c(C#N)c(N)nc(C)c2-c2ccc(OC)cc2)cc1. The summed E-state index contributed by atoms with van der Waals surface area (Å²) < 4.78 is 5.25. The second kappa shape index (κ2) is 7.28. The molecule has 0 aliphatic carbocycles. The molecule has 0 amide bonds. The third kappa shape index (κ3) is 3.12. The fourth-order valence-electron chi connectivity index (χ4n) is 3.15. The first-order chi connectivity index (χ1) is 12.6. The number of hydrogen-bond donors (Lipinski definition) is 1. The van der Waals surface area contributed by atoms with Gasteiger partial charge in [0.25, 0.3) is 0 Å². The number of nitrogens with two attached hydrogens (primary N) is 1. The highest BCUT2D eigenvalue weighted by molar-refractivity contribution is 5.91. The zero-order valence-electron chi connectivity index (χ0n) is 15.2. The number of ether oxygens (including phenoxy) is 1. The molecule has 3 rings (SSSR count). The fourth-order valence-corrected chi connectivity index (χ4v) is 3.15. The molecule has 3 aromatic rings. The number of pyridine rings is 1. The van der Waals surface area contributed by atoms with Crippen molar-refractivity contribution in [2.24, 2.45) is 0 Å². The van der Waals surface area contributed by atoms with E-state index < -0.39 is 0 Å². The zero-order chi connectivity index (χ0) is 18.7. The van der Waals surface area contributed by atoms with Gasteiger partial charge in [0.15, 0.2) is 0 Å². The summed E-state index contributed by atoms with van der Waals surface area (Å²) in [4.78, 5) is 4.41. The zero-order valence-corrected chi connectivity index (χ0v) is 15.2. The molecule has 0 saturated heterocycles. The maximum atomic E-state index is 9.72. The molecule has 0 bridgehead atoms. The van der Waals surface area contributed by atoms with Crippen molar-refractivity contribution in [2.75, 3.05) is 12.8 Å². The highest BCUT2D eigenvalue weighted by Gasteiger charge is 2.19. The second-order valence-electron chi connectivity index (χ2n) is 6.10. The van der Waals surface area contributed by atoms with Gasteiger partial charge in [-0.15, -0.1) is 0 Å².